The second-order valence-electron chi connectivity index (χ2n) is 6.74. The Balaban J connectivity index is 1.34. The molecule has 140 valence electrons. The van der Waals surface area contributed by atoms with Gasteiger partial charge in [0.1, 0.15) is 0 Å². The van der Waals surface area contributed by atoms with Gasteiger partial charge in [0.25, 0.3) is 5.91 Å². The van der Waals surface area contributed by atoms with Crippen molar-refractivity contribution in [3.05, 3.63) is 41.5 Å². The molecular weight excluding hydrogens is 346 g/mol. The zero-order valence-corrected chi connectivity index (χ0v) is 15.1. The molecule has 0 radical (unpaired) electrons. The maximum absolute atomic E-state index is 12.3. The Bertz CT molecular complexity index is 910. The van der Waals surface area contributed by atoms with Crippen LogP contribution in [0.25, 0.3) is 11.4 Å². The van der Waals surface area contributed by atoms with E-state index in [2.05, 4.69) is 30.9 Å². The van der Waals surface area contributed by atoms with Gasteiger partial charge >= 0.3 is 0 Å². The molecule has 27 heavy (non-hydrogen) atoms. The highest BCUT2D eigenvalue weighted by Crippen LogP contribution is 2.30. The second-order valence-corrected chi connectivity index (χ2v) is 6.74. The third-order valence-electron chi connectivity index (χ3n) is 4.77. The van der Waals surface area contributed by atoms with E-state index < -0.39 is 0 Å². The fourth-order valence-electron chi connectivity index (χ4n) is 3.29. The molecule has 1 aromatic carbocycles. The lowest BCUT2D eigenvalue weighted by molar-refractivity contribution is 0.0946. The van der Waals surface area contributed by atoms with Gasteiger partial charge in [-0.15, -0.1) is 10.2 Å². The van der Waals surface area contributed by atoms with Crippen LogP contribution in [0.1, 0.15) is 60.1 Å². The normalized spacial score (nSPS) is 15.0. The quantitative estimate of drug-likeness (QED) is 0.736. The van der Waals surface area contributed by atoms with Crippen LogP contribution in [0.2, 0.25) is 0 Å². The minimum absolute atomic E-state index is 0.203. The third kappa shape index (κ3) is 4.02. The van der Waals surface area contributed by atoms with E-state index in [0.29, 0.717) is 23.2 Å². The molecule has 4 rings (SSSR count). The van der Waals surface area contributed by atoms with Gasteiger partial charge < -0.3 is 9.84 Å². The monoisotopic (exact) mass is 367 g/mol. The number of amides is 1. The Morgan fingerprint density at radius 1 is 1.22 bits per heavy atom. The number of carbonyl (C=O) groups is 1. The Hall–Kier alpha value is -3.10. The Labute approximate surface area is 156 Å². The van der Waals surface area contributed by atoms with Gasteiger partial charge in [-0.25, -0.2) is 0 Å². The standard InChI is InChI=1S/C18H21N7O2/c1-25-22-17(21-24-25)13-7-9-14(10-8-13)18(26)19-11-15-20-16(23-27-15)12-5-3-2-4-6-12/h7-10,12H,2-6,11H2,1H3,(H,19,26). The maximum atomic E-state index is 12.3. The smallest absolute Gasteiger partial charge is 0.251 e. The molecule has 0 spiro atoms. The van der Waals surface area contributed by atoms with Gasteiger partial charge in [-0.3, -0.25) is 4.79 Å². The van der Waals surface area contributed by atoms with Crippen LogP contribution in [0.5, 0.6) is 0 Å². The van der Waals surface area contributed by atoms with Crippen LogP contribution < -0.4 is 5.32 Å². The number of tetrazole rings is 1. The molecule has 3 aromatic rings. The summed E-state index contributed by atoms with van der Waals surface area (Å²) in [6.45, 7) is 0.214. The highest BCUT2D eigenvalue weighted by atomic mass is 16.5. The molecule has 2 aromatic heterocycles. The molecular formula is C18H21N7O2. The average Bonchev–Trinajstić information content (AvgIpc) is 3.36. The van der Waals surface area contributed by atoms with Crippen molar-refractivity contribution in [1.82, 2.24) is 35.7 Å². The Morgan fingerprint density at radius 2 is 2.00 bits per heavy atom. The second kappa shape index (κ2) is 7.65. The summed E-state index contributed by atoms with van der Waals surface area (Å²) in [4.78, 5) is 18.2. The highest BCUT2D eigenvalue weighted by Gasteiger charge is 2.21. The number of aryl methyl sites for hydroxylation is 1. The Morgan fingerprint density at radius 3 is 2.70 bits per heavy atom. The van der Waals surface area contributed by atoms with Crippen LogP contribution in [-0.2, 0) is 13.6 Å². The molecule has 0 atom stereocenters. The first-order chi connectivity index (χ1) is 13.2. The number of benzene rings is 1. The van der Waals surface area contributed by atoms with Crippen molar-refractivity contribution >= 4 is 5.91 Å². The number of nitrogens with zero attached hydrogens (tertiary/aromatic N) is 6. The van der Waals surface area contributed by atoms with Crippen molar-refractivity contribution in [3.63, 3.8) is 0 Å². The molecule has 1 amide bonds. The summed E-state index contributed by atoms with van der Waals surface area (Å²) in [7, 11) is 1.70. The molecule has 0 aliphatic heterocycles. The minimum atomic E-state index is -0.203. The summed E-state index contributed by atoms with van der Waals surface area (Å²) in [6.07, 6.45) is 5.93. The fraction of sp³-hybridized carbons (Fsp3) is 0.444. The van der Waals surface area contributed by atoms with Crippen molar-refractivity contribution in [1.29, 1.82) is 0 Å². The van der Waals surface area contributed by atoms with Gasteiger partial charge in [0.15, 0.2) is 5.82 Å². The van der Waals surface area contributed by atoms with Gasteiger partial charge in [0.2, 0.25) is 11.7 Å². The summed E-state index contributed by atoms with van der Waals surface area (Å²) in [6, 6.07) is 7.03. The molecule has 1 N–H and O–H groups in total. The first-order valence-corrected chi connectivity index (χ1v) is 9.14. The van der Waals surface area contributed by atoms with Gasteiger partial charge in [-0.05, 0) is 30.2 Å². The lowest BCUT2D eigenvalue weighted by Gasteiger charge is -2.17. The molecule has 1 saturated carbocycles. The zero-order chi connectivity index (χ0) is 18.6. The van der Waals surface area contributed by atoms with Gasteiger partial charge in [0.05, 0.1) is 13.6 Å². The van der Waals surface area contributed by atoms with E-state index in [1.165, 1.54) is 24.1 Å². The summed E-state index contributed by atoms with van der Waals surface area (Å²) >= 11 is 0. The number of hydrogen-bond acceptors (Lipinski definition) is 7. The molecule has 0 saturated heterocycles. The van der Waals surface area contributed by atoms with E-state index in [1.54, 1.807) is 31.3 Å². The van der Waals surface area contributed by atoms with Crippen molar-refractivity contribution in [2.24, 2.45) is 7.05 Å². The summed E-state index contributed by atoms with van der Waals surface area (Å²) in [5, 5.41) is 18.8. The number of nitrogens with one attached hydrogen (secondary N) is 1. The van der Waals surface area contributed by atoms with Crippen molar-refractivity contribution in [3.8, 4) is 11.4 Å². The number of aromatic nitrogens is 6. The molecule has 0 bridgehead atoms. The van der Waals surface area contributed by atoms with Crippen LogP contribution in [0, 0.1) is 0 Å². The first-order valence-electron chi connectivity index (χ1n) is 9.14. The van der Waals surface area contributed by atoms with E-state index in [-0.39, 0.29) is 12.5 Å². The first kappa shape index (κ1) is 17.3. The predicted molar refractivity (Wildman–Crippen MR) is 95.5 cm³/mol. The third-order valence-corrected chi connectivity index (χ3v) is 4.77. The predicted octanol–water partition coefficient (Wildman–Crippen LogP) is 2.24. The molecule has 2 heterocycles. The minimum Gasteiger partial charge on any atom is -0.343 e. The van der Waals surface area contributed by atoms with Crippen LogP contribution in [0.4, 0.5) is 0 Å². The number of carbonyl (C=O) groups excluding carboxylic acids is 1. The zero-order valence-electron chi connectivity index (χ0n) is 15.1. The molecule has 9 nitrogen and oxygen atoms in total. The molecule has 0 unspecified atom stereocenters. The lowest BCUT2D eigenvalue weighted by atomic mass is 9.89. The highest BCUT2D eigenvalue weighted by molar-refractivity contribution is 5.94. The molecule has 1 aliphatic rings. The van der Waals surface area contributed by atoms with Crippen LogP contribution in [0.3, 0.4) is 0 Å². The summed E-state index contributed by atoms with van der Waals surface area (Å²) in [5.74, 6) is 1.90. The molecule has 1 aliphatic carbocycles. The van der Waals surface area contributed by atoms with E-state index in [9.17, 15) is 4.79 Å². The largest absolute Gasteiger partial charge is 0.343 e. The van der Waals surface area contributed by atoms with Crippen molar-refractivity contribution in [2.75, 3.05) is 0 Å². The van der Waals surface area contributed by atoms with E-state index >= 15 is 0 Å². The van der Waals surface area contributed by atoms with Gasteiger partial charge in [-0.1, -0.05) is 36.6 Å². The van der Waals surface area contributed by atoms with Crippen molar-refractivity contribution < 1.29 is 9.32 Å². The lowest BCUT2D eigenvalue weighted by Crippen LogP contribution is -2.23. The number of rotatable bonds is 5. The average molecular weight is 367 g/mol. The Kier molecular flexibility index (Phi) is 4.91. The van der Waals surface area contributed by atoms with Crippen LogP contribution in [0.15, 0.2) is 28.8 Å². The topological polar surface area (TPSA) is 112 Å². The molecule has 1 fully saturated rings. The van der Waals surface area contributed by atoms with E-state index in [1.807, 2.05) is 0 Å². The number of hydrogen-bond donors (Lipinski definition) is 1. The van der Waals surface area contributed by atoms with Crippen LogP contribution in [-0.4, -0.2) is 36.3 Å². The maximum Gasteiger partial charge on any atom is 0.251 e. The van der Waals surface area contributed by atoms with Gasteiger partial charge in [0, 0.05) is 17.0 Å². The summed E-state index contributed by atoms with van der Waals surface area (Å²) < 4.78 is 5.28. The molecule has 9 heteroatoms. The van der Waals surface area contributed by atoms with Crippen molar-refractivity contribution in [2.45, 2.75) is 44.6 Å². The van der Waals surface area contributed by atoms with Gasteiger partial charge in [-0.2, -0.15) is 9.78 Å². The SMILES string of the molecule is Cn1nnc(-c2ccc(C(=O)NCc3nc(C4CCCCC4)no3)cc2)n1. The van der Waals surface area contributed by atoms with E-state index in [4.69, 9.17) is 4.52 Å². The summed E-state index contributed by atoms with van der Waals surface area (Å²) in [5.41, 5.74) is 1.34. The van der Waals surface area contributed by atoms with Crippen LogP contribution >= 0.6 is 0 Å². The fourth-order valence-corrected chi connectivity index (χ4v) is 3.29. The van der Waals surface area contributed by atoms with E-state index in [0.717, 1.165) is 24.2 Å².